The van der Waals surface area contributed by atoms with Gasteiger partial charge in [0, 0.05) is 36.2 Å². The minimum Gasteiger partial charge on any atom is -0.335 e. The molecular weight excluding hydrogens is 284 g/mol. The van der Waals surface area contributed by atoms with Gasteiger partial charge in [-0.15, -0.1) is 0 Å². The molecule has 1 aromatic carbocycles. The Morgan fingerprint density at radius 1 is 0.957 bits per heavy atom. The zero-order valence-corrected chi connectivity index (χ0v) is 13.5. The molecule has 2 heterocycles. The van der Waals surface area contributed by atoms with Gasteiger partial charge in [-0.3, -0.25) is 4.79 Å². The molecule has 3 heteroatoms. The second-order valence-electron chi connectivity index (χ2n) is 6.89. The highest BCUT2D eigenvalue weighted by Crippen LogP contribution is 2.36. The lowest BCUT2D eigenvalue weighted by Gasteiger charge is -2.44. The zero-order chi connectivity index (χ0) is 15.6. The van der Waals surface area contributed by atoms with Crippen molar-refractivity contribution in [2.45, 2.75) is 44.6 Å². The number of aromatic nitrogens is 1. The van der Waals surface area contributed by atoms with Crippen molar-refractivity contribution in [3.05, 3.63) is 54.4 Å². The van der Waals surface area contributed by atoms with Gasteiger partial charge >= 0.3 is 0 Å². The third kappa shape index (κ3) is 2.80. The molecule has 1 saturated carbocycles. The molecule has 1 aromatic heterocycles. The molecule has 0 radical (unpaired) electrons. The van der Waals surface area contributed by atoms with Gasteiger partial charge in [-0.05, 0) is 61.9 Å². The molecule has 2 fully saturated rings. The van der Waals surface area contributed by atoms with E-state index < -0.39 is 0 Å². The standard InChI is InChI=1S/C20H24N2O/c23-20(22-14-6-9-16-7-1-2-11-19(16)22)17-8-5-10-18(15-17)21-12-3-4-13-21/h3-5,8,10,12-13,15-16,19H,1-2,6-7,9,11,14H2/t16-,19-/m0/s1. The minimum absolute atomic E-state index is 0.218. The van der Waals surface area contributed by atoms with E-state index in [0.29, 0.717) is 6.04 Å². The van der Waals surface area contributed by atoms with E-state index in [1.54, 1.807) is 0 Å². The fourth-order valence-electron chi connectivity index (χ4n) is 4.35. The van der Waals surface area contributed by atoms with Crippen LogP contribution in [0, 0.1) is 5.92 Å². The summed E-state index contributed by atoms with van der Waals surface area (Å²) in [6, 6.07) is 12.5. The molecule has 2 aliphatic rings. The number of rotatable bonds is 2. The van der Waals surface area contributed by atoms with Crippen LogP contribution in [0.4, 0.5) is 0 Å². The minimum atomic E-state index is 0.218. The van der Waals surface area contributed by atoms with E-state index in [-0.39, 0.29) is 5.91 Å². The second kappa shape index (κ2) is 6.23. The fourth-order valence-corrected chi connectivity index (χ4v) is 4.35. The van der Waals surface area contributed by atoms with Crippen LogP contribution in [0.5, 0.6) is 0 Å². The second-order valence-corrected chi connectivity index (χ2v) is 6.89. The molecule has 23 heavy (non-hydrogen) atoms. The van der Waals surface area contributed by atoms with Crippen molar-refractivity contribution in [1.82, 2.24) is 9.47 Å². The molecule has 4 rings (SSSR count). The summed E-state index contributed by atoms with van der Waals surface area (Å²) in [5.41, 5.74) is 1.88. The maximum Gasteiger partial charge on any atom is 0.254 e. The number of amides is 1. The first-order chi connectivity index (χ1) is 11.3. The Labute approximate surface area is 137 Å². The number of likely N-dealkylation sites (tertiary alicyclic amines) is 1. The average Bonchev–Trinajstić information content (AvgIpc) is 3.15. The van der Waals surface area contributed by atoms with Crippen molar-refractivity contribution in [3.8, 4) is 5.69 Å². The van der Waals surface area contributed by atoms with Crippen LogP contribution in [0.3, 0.4) is 0 Å². The Bertz CT molecular complexity index is 675. The number of fused-ring (bicyclic) bond motifs is 1. The summed E-state index contributed by atoms with van der Waals surface area (Å²) in [6.45, 7) is 0.924. The molecular formula is C20H24N2O. The molecule has 1 saturated heterocycles. The largest absolute Gasteiger partial charge is 0.335 e. The van der Waals surface area contributed by atoms with Crippen molar-refractivity contribution in [1.29, 1.82) is 0 Å². The van der Waals surface area contributed by atoms with Gasteiger partial charge in [0.1, 0.15) is 0 Å². The molecule has 0 bridgehead atoms. The molecule has 1 aliphatic carbocycles. The predicted molar refractivity (Wildman–Crippen MR) is 91.8 cm³/mol. The highest BCUT2D eigenvalue weighted by atomic mass is 16.2. The third-order valence-electron chi connectivity index (χ3n) is 5.50. The summed E-state index contributed by atoms with van der Waals surface area (Å²) >= 11 is 0. The van der Waals surface area contributed by atoms with E-state index in [9.17, 15) is 4.79 Å². The van der Waals surface area contributed by atoms with Crippen LogP contribution in [-0.4, -0.2) is 28.0 Å². The van der Waals surface area contributed by atoms with E-state index in [1.807, 2.05) is 42.7 Å². The van der Waals surface area contributed by atoms with E-state index in [2.05, 4.69) is 15.5 Å². The van der Waals surface area contributed by atoms with Crippen molar-refractivity contribution < 1.29 is 4.79 Å². The van der Waals surface area contributed by atoms with E-state index in [0.717, 1.165) is 30.1 Å². The van der Waals surface area contributed by atoms with Crippen molar-refractivity contribution >= 4 is 5.91 Å². The monoisotopic (exact) mass is 308 g/mol. The number of piperidine rings is 1. The summed E-state index contributed by atoms with van der Waals surface area (Å²) in [5.74, 6) is 0.949. The zero-order valence-electron chi connectivity index (χ0n) is 13.5. The van der Waals surface area contributed by atoms with Crippen molar-refractivity contribution in [2.75, 3.05) is 6.54 Å². The lowest BCUT2D eigenvalue weighted by Crippen LogP contribution is -2.49. The highest BCUT2D eigenvalue weighted by Gasteiger charge is 2.35. The molecule has 2 aromatic rings. The van der Waals surface area contributed by atoms with Crippen LogP contribution in [0.15, 0.2) is 48.8 Å². The van der Waals surface area contributed by atoms with Crippen LogP contribution >= 0.6 is 0 Å². The van der Waals surface area contributed by atoms with Crippen LogP contribution in [0.2, 0.25) is 0 Å². The van der Waals surface area contributed by atoms with Gasteiger partial charge in [-0.25, -0.2) is 0 Å². The Balaban J connectivity index is 1.60. The van der Waals surface area contributed by atoms with Gasteiger partial charge in [0.15, 0.2) is 0 Å². The Kier molecular flexibility index (Phi) is 3.94. The number of benzene rings is 1. The molecule has 120 valence electrons. The van der Waals surface area contributed by atoms with Gasteiger partial charge < -0.3 is 9.47 Å². The molecule has 1 aliphatic heterocycles. The lowest BCUT2D eigenvalue weighted by atomic mass is 9.78. The molecule has 2 atom stereocenters. The SMILES string of the molecule is O=C(c1cccc(-n2cccc2)c1)N1CCC[C@@H]2CCCC[C@@H]21. The number of hydrogen-bond donors (Lipinski definition) is 0. The molecule has 0 unspecified atom stereocenters. The van der Waals surface area contributed by atoms with Crippen molar-refractivity contribution in [3.63, 3.8) is 0 Å². The smallest absolute Gasteiger partial charge is 0.254 e. The van der Waals surface area contributed by atoms with Gasteiger partial charge in [-0.2, -0.15) is 0 Å². The quantitative estimate of drug-likeness (QED) is 0.813. The Morgan fingerprint density at radius 3 is 2.61 bits per heavy atom. The number of carbonyl (C=O) groups is 1. The van der Waals surface area contributed by atoms with E-state index >= 15 is 0 Å². The van der Waals surface area contributed by atoms with Gasteiger partial charge in [0.2, 0.25) is 0 Å². The highest BCUT2D eigenvalue weighted by molar-refractivity contribution is 5.95. The van der Waals surface area contributed by atoms with E-state index in [4.69, 9.17) is 0 Å². The maximum absolute atomic E-state index is 13.1. The topological polar surface area (TPSA) is 25.2 Å². The summed E-state index contributed by atoms with van der Waals surface area (Å²) < 4.78 is 2.05. The third-order valence-corrected chi connectivity index (χ3v) is 5.50. The molecule has 0 spiro atoms. The summed E-state index contributed by atoms with van der Waals surface area (Å²) in [7, 11) is 0. The van der Waals surface area contributed by atoms with Crippen LogP contribution in [-0.2, 0) is 0 Å². The van der Waals surface area contributed by atoms with E-state index in [1.165, 1.54) is 32.1 Å². The van der Waals surface area contributed by atoms with Gasteiger partial charge in [0.25, 0.3) is 5.91 Å². The first kappa shape index (κ1) is 14.6. The van der Waals surface area contributed by atoms with Crippen molar-refractivity contribution in [2.24, 2.45) is 5.92 Å². The molecule has 3 nitrogen and oxygen atoms in total. The first-order valence-electron chi connectivity index (χ1n) is 8.87. The fraction of sp³-hybridized carbons (Fsp3) is 0.450. The maximum atomic E-state index is 13.1. The first-order valence-corrected chi connectivity index (χ1v) is 8.87. The van der Waals surface area contributed by atoms with Gasteiger partial charge in [0.05, 0.1) is 0 Å². The lowest BCUT2D eigenvalue weighted by molar-refractivity contribution is 0.0390. The predicted octanol–water partition coefficient (Wildman–Crippen LogP) is 4.27. The van der Waals surface area contributed by atoms with Crippen LogP contribution in [0.1, 0.15) is 48.9 Å². The normalized spacial score (nSPS) is 24.3. The number of carbonyl (C=O) groups excluding carboxylic acids is 1. The molecule has 0 N–H and O–H groups in total. The Morgan fingerprint density at radius 2 is 1.74 bits per heavy atom. The Hall–Kier alpha value is -2.03. The molecule has 1 amide bonds. The summed E-state index contributed by atoms with van der Waals surface area (Å²) in [6.07, 6.45) is 11.6. The summed E-state index contributed by atoms with van der Waals surface area (Å²) in [5, 5.41) is 0. The number of nitrogens with zero attached hydrogens (tertiary/aromatic N) is 2. The average molecular weight is 308 g/mol. The summed E-state index contributed by atoms with van der Waals surface area (Å²) in [4.78, 5) is 15.3. The van der Waals surface area contributed by atoms with Crippen LogP contribution in [0.25, 0.3) is 5.69 Å². The van der Waals surface area contributed by atoms with Gasteiger partial charge in [-0.1, -0.05) is 18.9 Å². The van der Waals surface area contributed by atoms with Crippen LogP contribution < -0.4 is 0 Å². The number of hydrogen-bond acceptors (Lipinski definition) is 1.